The Morgan fingerprint density at radius 2 is 1.89 bits per heavy atom. The van der Waals surface area contributed by atoms with Gasteiger partial charge in [0.05, 0.1) is 0 Å². The fourth-order valence-corrected chi connectivity index (χ4v) is 3.29. The number of hydrogen-bond acceptors (Lipinski definition) is 2. The van der Waals surface area contributed by atoms with Gasteiger partial charge in [-0.25, -0.2) is 0 Å². The van der Waals surface area contributed by atoms with E-state index in [2.05, 4.69) is 45.0 Å². The smallest absolute Gasteiger partial charge is 0.00956 e. The largest absolute Gasteiger partial charge is 0.319 e. The Morgan fingerprint density at radius 1 is 1.28 bits per heavy atom. The van der Waals surface area contributed by atoms with Crippen LogP contribution in [0.3, 0.4) is 0 Å². The first-order valence-electron chi connectivity index (χ1n) is 7.89. The van der Waals surface area contributed by atoms with Crippen LogP contribution in [0.25, 0.3) is 0 Å². The van der Waals surface area contributed by atoms with Crippen LogP contribution >= 0.6 is 0 Å². The standard InChI is InChI=1S/C16H34N2/c1-6-16(4,12-17-5)13-18(11-14(2)3)15-9-7-8-10-15/h14-15,17H,6-13H2,1-5H3. The molecule has 18 heavy (non-hydrogen) atoms. The number of hydrogen-bond donors (Lipinski definition) is 1. The summed E-state index contributed by atoms with van der Waals surface area (Å²) in [5.74, 6) is 0.779. The molecule has 0 aromatic carbocycles. The minimum absolute atomic E-state index is 0.423. The highest BCUT2D eigenvalue weighted by Crippen LogP contribution is 2.29. The molecule has 0 radical (unpaired) electrons. The molecule has 2 heteroatoms. The molecule has 0 aromatic heterocycles. The Bertz CT molecular complexity index is 221. The number of nitrogens with one attached hydrogen (secondary N) is 1. The molecule has 1 saturated carbocycles. The van der Waals surface area contributed by atoms with Gasteiger partial charge in [0.25, 0.3) is 0 Å². The Balaban J connectivity index is 2.63. The van der Waals surface area contributed by atoms with Crippen LogP contribution in [-0.2, 0) is 0 Å². The second-order valence-electron chi connectivity index (χ2n) is 6.96. The molecule has 0 saturated heterocycles. The Kier molecular flexibility index (Phi) is 6.65. The molecule has 0 spiro atoms. The Labute approximate surface area is 115 Å². The molecule has 1 atom stereocenters. The molecule has 1 unspecified atom stereocenters. The van der Waals surface area contributed by atoms with Gasteiger partial charge in [0.2, 0.25) is 0 Å². The van der Waals surface area contributed by atoms with E-state index in [4.69, 9.17) is 0 Å². The zero-order valence-electron chi connectivity index (χ0n) is 13.3. The van der Waals surface area contributed by atoms with Crippen LogP contribution in [-0.4, -0.2) is 37.6 Å². The van der Waals surface area contributed by atoms with E-state index in [1.807, 2.05) is 0 Å². The van der Waals surface area contributed by atoms with E-state index in [0.717, 1.165) is 18.5 Å². The van der Waals surface area contributed by atoms with E-state index in [-0.39, 0.29) is 0 Å². The lowest BCUT2D eigenvalue weighted by Crippen LogP contribution is -2.46. The van der Waals surface area contributed by atoms with Gasteiger partial charge >= 0.3 is 0 Å². The van der Waals surface area contributed by atoms with Crippen LogP contribution in [0.15, 0.2) is 0 Å². The highest BCUT2D eigenvalue weighted by atomic mass is 15.2. The van der Waals surface area contributed by atoms with Gasteiger partial charge in [-0.2, -0.15) is 0 Å². The second kappa shape index (κ2) is 7.49. The molecule has 1 aliphatic rings. The zero-order valence-corrected chi connectivity index (χ0v) is 13.3. The van der Waals surface area contributed by atoms with Gasteiger partial charge in [0.1, 0.15) is 0 Å². The highest BCUT2D eigenvalue weighted by Gasteiger charge is 2.30. The lowest BCUT2D eigenvalue weighted by atomic mass is 9.86. The van der Waals surface area contributed by atoms with Crippen molar-refractivity contribution in [2.75, 3.05) is 26.7 Å². The molecule has 1 N–H and O–H groups in total. The van der Waals surface area contributed by atoms with Crippen LogP contribution in [0.5, 0.6) is 0 Å². The molecular weight excluding hydrogens is 220 g/mol. The predicted octanol–water partition coefficient (Wildman–Crippen LogP) is 3.52. The molecule has 2 nitrogen and oxygen atoms in total. The van der Waals surface area contributed by atoms with Crippen molar-refractivity contribution in [3.05, 3.63) is 0 Å². The summed E-state index contributed by atoms with van der Waals surface area (Å²) in [6.45, 7) is 13.1. The van der Waals surface area contributed by atoms with E-state index in [1.165, 1.54) is 45.2 Å². The van der Waals surface area contributed by atoms with Gasteiger partial charge in [-0.1, -0.05) is 40.5 Å². The molecule has 0 amide bonds. The van der Waals surface area contributed by atoms with Crippen LogP contribution in [0.1, 0.15) is 59.8 Å². The van der Waals surface area contributed by atoms with Crippen molar-refractivity contribution < 1.29 is 0 Å². The van der Waals surface area contributed by atoms with Crippen LogP contribution in [0, 0.1) is 11.3 Å². The van der Waals surface area contributed by atoms with Gasteiger partial charge in [-0.05, 0) is 37.6 Å². The number of rotatable bonds is 8. The van der Waals surface area contributed by atoms with Crippen molar-refractivity contribution >= 4 is 0 Å². The van der Waals surface area contributed by atoms with Crippen LogP contribution in [0.2, 0.25) is 0 Å². The monoisotopic (exact) mass is 254 g/mol. The maximum Gasteiger partial charge on any atom is 0.00956 e. The molecular formula is C16H34N2. The average molecular weight is 254 g/mol. The van der Waals surface area contributed by atoms with Gasteiger partial charge in [0, 0.05) is 25.7 Å². The van der Waals surface area contributed by atoms with Crippen molar-refractivity contribution in [2.45, 2.75) is 65.8 Å². The van der Waals surface area contributed by atoms with Gasteiger partial charge in [0.15, 0.2) is 0 Å². The third kappa shape index (κ3) is 4.89. The molecule has 1 aliphatic carbocycles. The topological polar surface area (TPSA) is 15.3 Å². The lowest BCUT2D eigenvalue weighted by molar-refractivity contribution is 0.104. The highest BCUT2D eigenvalue weighted by molar-refractivity contribution is 4.85. The van der Waals surface area contributed by atoms with E-state index in [0.29, 0.717) is 5.41 Å². The minimum atomic E-state index is 0.423. The summed E-state index contributed by atoms with van der Waals surface area (Å²) < 4.78 is 0. The van der Waals surface area contributed by atoms with Crippen molar-refractivity contribution in [2.24, 2.45) is 11.3 Å². The molecule has 0 aliphatic heterocycles. The molecule has 0 heterocycles. The molecule has 0 bridgehead atoms. The summed E-state index contributed by atoms with van der Waals surface area (Å²) in [7, 11) is 2.08. The Hall–Kier alpha value is -0.0800. The summed E-state index contributed by atoms with van der Waals surface area (Å²) in [5.41, 5.74) is 0.423. The third-order valence-corrected chi connectivity index (χ3v) is 4.48. The number of nitrogens with zero attached hydrogens (tertiary/aromatic N) is 1. The average Bonchev–Trinajstić information content (AvgIpc) is 2.81. The predicted molar refractivity (Wildman–Crippen MR) is 81.0 cm³/mol. The first-order valence-corrected chi connectivity index (χ1v) is 7.89. The van der Waals surface area contributed by atoms with Crippen LogP contribution in [0.4, 0.5) is 0 Å². The SMILES string of the molecule is CCC(C)(CNC)CN(CC(C)C)C1CCCC1. The quantitative estimate of drug-likeness (QED) is 0.713. The second-order valence-corrected chi connectivity index (χ2v) is 6.96. The van der Waals surface area contributed by atoms with Crippen molar-refractivity contribution in [3.63, 3.8) is 0 Å². The Morgan fingerprint density at radius 3 is 2.33 bits per heavy atom. The van der Waals surface area contributed by atoms with Crippen molar-refractivity contribution in [3.8, 4) is 0 Å². The summed E-state index contributed by atoms with van der Waals surface area (Å²) in [5, 5.41) is 3.38. The fourth-order valence-electron chi connectivity index (χ4n) is 3.29. The van der Waals surface area contributed by atoms with Crippen molar-refractivity contribution in [1.29, 1.82) is 0 Å². The van der Waals surface area contributed by atoms with Gasteiger partial charge in [-0.3, -0.25) is 4.90 Å². The third-order valence-electron chi connectivity index (χ3n) is 4.48. The van der Waals surface area contributed by atoms with E-state index in [9.17, 15) is 0 Å². The normalized spacial score (nSPS) is 20.8. The van der Waals surface area contributed by atoms with E-state index >= 15 is 0 Å². The van der Waals surface area contributed by atoms with Crippen LogP contribution < -0.4 is 5.32 Å². The zero-order chi connectivity index (χ0) is 13.6. The molecule has 108 valence electrons. The molecule has 0 aromatic rings. The minimum Gasteiger partial charge on any atom is -0.319 e. The first kappa shape index (κ1) is 16.0. The van der Waals surface area contributed by atoms with Crippen molar-refractivity contribution in [1.82, 2.24) is 10.2 Å². The van der Waals surface area contributed by atoms with E-state index in [1.54, 1.807) is 0 Å². The fraction of sp³-hybridized carbons (Fsp3) is 1.00. The lowest BCUT2D eigenvalue weighted by Gasteiger charge is -2.39. The van der Waals surface area contributed by atoms with E-state index < -0.39 is 0 Å². The summed E-state index contributed by atoms with van der Waals surface area (Å²) >= 11 is 0. The van der Waals surface area contributed by atoms with Gasteiger partial charge < -0.3 is 5.32 Å². The maximum absolute atomic E-state index is 3.38. The molecule has 1 rings (SSSR count). The summed E-state index contributed by atoms with van der Waals surface area (Å²) in [6, 6.07) is 0.857. The summed E-state index contributed by atoms with van der Waals surface area (Å²) in [6.07, 6.45) is 6.98. The van der Waals surface area contributed by atoms with Gasteiger partial charge in [-0.15, -0.1) is 0 Å². The first-order chi connectivity index (χ1) is 8.50. The molecule has 1 fully saturated rings. The maximum atomic E-state index is 3.38. The summed E-state index contributed by atoms with van der Waals surface area (Å²) in [4.78, 5) is 2.79.